The third kappa shape index (κ3) is 5.28. The van der Waals surface area contributed by atoms with E-state index in [2.05, 4.69) is 34.8 Å². The van der Waals surface area contributed by atoms with Crippen molar-refractivity contribution in [3.8, 4) is 0 Å². The van der Waals surface area contributed by atoms with Crippen LogP contribution < -0.4 is 10.6 Å². The third-order valence-corrected chi connectivity index (χ3v) is 3.72. The second-order valence-electron chi connectivity index (χ2n) is 5.23. The third-order valence-electron chi connectivity index (χ3n) is 2.84. The smallest absolute Gasteiger partial charge is 0.273 e. The van der Waals surface area contributed by atoms with Crippen molar-refractivity contribution in [1.82, 2.24) is 25.6 Å². The maximum Gasteiger partial charge on any atom is 0.273 e. The molecule has 0 aliphatic carbocycles. The van der Waals surface area contributed by atoms with Crippen LogP contribution in [0.4, 0.5) is 0 Å². The summed E-state index contributed by atoms with van der Waals surface area (Å²) in [5, 5.41) is 16.0. The number of hydrogen-bond donors (Lipinski definition) is 2. The SMILES string of the molecule is CC(C)CNCCn1cc(C(=O)NCc2cccs2)nn1. The van der Waals surface area contributed by atoms with Gasteiger partial charge in [0.1, 0.15) is 0 Å². The number of thiophene rings is 1. The summed E-state index contributed by atoms with van der Waals surface area (Å²) in [6.45, 7) is 7.36. The highest BCUT2D eigenvalue weighted by Gasteiger charge is 2.10. The first kappa shape index (κ1) is 15.7. The van der Waals surface area contributed by atoms with E-state index in [0.717, 1.165) is 18.0 Å². The first-order valence-electron chi connectivity index (χ1n) is 7.06. The quantitative estimate of drug-likeness (QED) is 0.725. The predicted octanol–water partition coefficient (Wildman–Crippen LogP) is 1.52. The zero-order valence-corrected chi connectivity index (χ0v) is 13.2. The lowest BCUT2D eigenvalue weighted by Crippen LogP contribution is -2.24. The molecule has 0 spiro atoms. The van der Waals surface area contributed by atoms with Gasteiger partial charge >= 0.3 is 0 Å². The summed E-state index contributed by atoms with van der Waals surface area (Å²) >= 11 is 1.62. The van der Waals surface area contributed by atoms with Crippen molar-refractivity contribution >= 4 is 17.2 Å². The van der Waals surface area contributed by atoms with Crippen molar-refractivity contribution in [1.29, 1.82) is 0 Å². The maximum atomic E-state index is 11.9. The summed E-state index contributed by atoms with van der Waals surface area (Å²) in [6, 6.07) is 3.95. The molecular formula is C14H21N5OS. The molecule has 114 valence electrons. The fourth-order valence-corrected chi connectivity index (χ4v) is 2.41. The topological polar surface area (TPSA) is 71.8 Å². The number of nitrogens with zero attached hydrogens (tertiary/aromatic N) is 3. The highest BCUT2D eigenvalue weighted by atomic mass is 32.1. The summed E-state index contributed by atoms with van der Waals surface area (Å²) in [6.07, 6.45) is 1.68. The average Bonchev–Trinajstić information content (AvgIpc) is 3.12. The highest BCUT2D eigenvalue weighted by molar-refractivity contribution is 7.09. The van der Waals surface area contributed by atoms with E-state index in [1.165, 1.54) is 0 Å². The van der Waals surface area contributed by atoms with E-state index in [1.807, 2.05) is 17.5 Å². The lowest BCUT2D eigenvalue weighted by Gasteiger charge is -2.06. The number of rotatable bonds is 8. The van der Waals surface area contributed by atoms with Crippen LogP contribution in [0.5, 0.6) is 0 Å². The van der Waals surface area contributed by atoms with Crippen LogP contribution in [-0.4, -0.2) is 34.0 Å². The first-order valence-corrected chi connectivity index (χ1v) is 7.94. The number of carbonyl (C=O) groups excluding carboxylic acids is 1. The van der Waals surface area contributed by atoms with Crippen LogP contribution in [0.1, 0.15) is 29.2 Å². The Hall–Kier alpha value is -1.73. The summed E-state index contributed by atoms with van der Waals surface area (Å²) in [5.74, 6) is 0.434. The van der Waals surface area contributed by atoms with Gasteiger partial charge in [0, 0.05) is 11.4 Å². The van der Waals surface area contributed by atoms with Crippen LogP contribution in [0.2, 0.25) is 0 Å². The van der Waals surface area contributed by atoms with Crippen LogP contribution in [0.25, 0.3) is 0 Å². The minimum Gasteiger partial charge on any atom is -0.346 e. The van der Waals surface area contributed by atoms with Gasteiger partial charge in [-0.25, -0.2) is 0 Å². The molecule has 0 bridgehead atoms. The molecule has 2 N–H and O–H groups in total. The lowest BCUT2D eigenvalue weighted by atomic mass is 10.2. The molecular weight excluding hydrogens is 286 g/mol. The number of hydrogen-bond acceptors (Lipinski definition) is 5. The van der Waals surface area contributed by atoms with Gasteiger partial charge in [0.25, 0.3) is 5.91 Å². The Morgan fingerprint density at radius 3 is 3.05 bits per heavy atom. The Kier molecular flexibility index (Phi) is 5.89. The molecule has 2 heterocycles. The van der Waals surface area contributed by atoms with E-state index in [0.29, 0.717) is 24.7 Å². The second kappa shape index (κ2) is 7.90. The molecule has 1 amide bonds. The van der Waals surface area contributed by atoms with Gasteiger partial charge in [-0.2, -0.15) is 0 Å². The molecule has 0 aromatic carbocycles. The Bertz CT molecular complexity index is 549. The normalized spacial score (nSPS) is 11.0. The van der Waals surface area contributed by atoms with Gasteiger partial charge in [0.05, 0.1) is 19.3 Å². The van der Waals surface area contributed by atoms with E-state index in [9.17, 15) is 4.79 Å². The zero-order chi connectivity index (χ0) is 15.1. The van der Waals surface area contributed by atoms with Crippen LogP contribution in [-0.2, 0) is 13.1 Å². The van der Waals surface area contributed by atoms with E-state index in [-0.39, 0.29) is 5.91 Å². The van der Waals surface area contributed by atoms with Crippen LogP contribution in [0.15, 0.2) is 23.7 Å². The molecule has 0 aliphatic rings. The zero-order valence-electron chi connectivity index (χ0n) is 12.4. The van der Waals surface area contributed by atoms with Crippen molar-refractivity contribution in [2.75, 3.05) is 13.1 Å². The van der Waals surface area contributed by atoms with E-state index >= 15 is 0 Å². The van der Waals surface area contributed by atoms with Crippen molar-refractivity contribution in [2.24, 2.45) is 5.92 Å². The molecule has 0 aliphatic heterocycles. The minimum absolute atomic E-state index is 0.190. The Morgan fingerprint density at radius 1 is 1.48 bits per heavy atom. The monoisotopic (exact) mass is 307 g/mol. The summed E-state index contributed by atoms with van der Waals surface area (Å²) in [5.41, 5.74) is 0.357. The summed E-state index contributed by atoms with van der Waals surface area (Å²) < 4.78 is 1.69. The van der Waals surface area contributed by atoms with Crippen molar-refractivity contribution in [2.45, 2.75) is 26.9 Å². The Balaban J connectivity index is 1.75. The molecule has 0 unspecified atom stereocenters. The van der Waals surface area contributed by atoms with Crippen molar-refractivity contribution in [3.05, 3.63) is 34.3 Å². The number of aromatic nitrogens is 3. The fraction of sp³-hybridized carbons (Fsp3) is 0.500. The van der Waals surface area contributed by atoms with Gasteiger partial charge in [-0.1, -0.05) is 25.1 Å². The highest BCUT2D eigenvalue weighted by Crippen LogP contribution is 2.07. The van der Waals surface area contributed by atoms with Gasteiger partial charge in [0.2, 0.25) is 0 Å². The van der Waals surface area contributed by atoms with Crippen molar-refractivity contribution in [3.63, 3.8) is 0 Å². The molecule has 2 aromatic rings. The fourth-order valence-electron chi connectivity index (χ4n) is 1.77. The Morgan fingerprint density at radius 2 is 2.33 bits per heavy atom. The minimum atomic E-state index is -0.190. The molecule has 0 fully saturated rings. The lowest BCUT2D eigenvalue weighted by molar-refractivity contribution is 0.0946. The van der Waals surface area contributed by atoms with Gasteiger partial charge in [-0.3, -0.25) is 9.48 Å². The number of nitrogens with one attached hydrogen (secondary N) is 2. The Labute approximate surface area is 128 Å². The van der Waals surface area contributed by atoms with Crippen LogP contribution >= 0.6 is 11.3 Å². The number of amides is 1. The molecule has 0 saturated heterocycles. The molecule has 2 rings (SSSR count). The molecule has 0 saturated carbocycles. The molecule has 6 nitrogen and oxygen atoms in total. The molecule has 21 heavy (non-hydrogen) atoms. The first-order chi connectivity index (χ1) is 10.1. The summed E-state index contributed by atoms with van der Waals surface area (Å²) in [4.78, 5) is 13.1. The van der Waals surface area contributed by atoms with E-state index in [1.54, 1.807) is 22.2 Å². The van der Waals surface area contributed by atoms with Gasteiger partial charge in [-0.05, 0) is 23.9 Å². The molecule has 0 radical (unpaired) electrons. The van der Waals surface area contributed by atoms with E-state index < -0.39 is 0 Å². The molecule has 2 aromatic heterocycles. The van der Waals surface area contributed by atoms with Crippen molar-refractivity contribution < 1.29 is 4.79 Å². The van der Waals surface area contributed by atoms with Gasteiger partial charge in [0.15, 0.2) is 5.69 Å². The molecule has 7 heteroatoms. The standard InChI is InChI=1S/C14H21N5OS/c1-11(2)8-15-5-6-19-10-13(17-18-19)14(20)16-9-12-4-3-7-21-12/h3-4,7,10-11,15H,5-6,8-9H2,1-2H3,(H,16,20). The van der Waals surface area contributed by atoms with Crippen LogP contribution in [0.3, 0.4) is 0 Å². The largest absolute Gasteiger partial charge is 0.346 e. The van der Waals surface area contributed by atoms with E-state index in [4.69, 9.17) is 0 Å². The average molecular weight is 307 g/mol. The van der Waals surface area contributed by atoms with Crippen LogP contribution in [0, 0.1) is 5.92 Å². The predicted molar refractivity (Wildman–Crippen MR) is 83.2 cm³/mol. The second-order valence-corrected chi connectivity index (χ2v) is 6.26. The maximum absolute atomic E-state index is 11.9. The molecule has 0 atom stereocenters. The van der Waals surface area contributed by atoms with Gasteiger partial charge < -0.3 is 10.6 Å². The summed E-state index contributed by atoms with van der Waals surface area (Å²) in [7, 11) is 0. The van der Waals surface area contributed by atoms with Gasteiger partial charge in [-0.15, -0.1) is 16.4 Å². The number of carbonyl (C=O) groups is 1.